The van der Waals surface area contributed by atoms with E-state index < -0.39 is 6.10 Å². The van der Waals surface area contributed by atoms with Crippen molar-refractivity contribution in [2.75, 3.05) is 13.2 Å². The third kappa shape index (κ3) is 58.7. The first kappa shape index (κ1) is 69.8. The van der Waals surface area contributed by atoms with Crippen LogP contribution in [0.3, 0.4) is 0 Å². The van der Waals surface area contributed by atoms with E-state index in [1.807, 2.05) is 12.2 Å². The second kappa shape index (κ2) is 61.4. The molecule has 0 aromatic heterocycles. The van der Waals surface area contributed by atoms with Crippen LogP contribution in [0.25, 0.3) is 0 Å². The third-order valence-corrected chi connectivity index (χ3v) is 12.7. The summed E-state index contributed by atoms with van der Waals surface area (Å²) in [4.78, 5) is 38.2. The lowest BCUT2D eigenvalue weighted by atomic mass is 10.0. The number of allylic oxidation sites excluding steroid dienone is 20. The van der Waals surface area contributed by atoms with Crippen molar-refractivity contribution in [3.63, 3.8) is 0 Å². The van der Waals surface area contributed by atoms with E-state index in [1.54, 1.807) is 0 Å². The number of hydrogen-bond donors (Lipinski definition) is 0. The van der Waals surface area contributed by atoms with E-state index in [1.165, 1.54) is 122 Å². The lowest BCUT2D eigenvalue weighted by Gasteiger charge is -2.18. The summed E-state index contributed by atoms with van der Waals surface area (Å²) < 4.78 is 16.8. The number of hydrogen-bond acceptors (Lipinski definition) is 6. The summed E-state index contributed by atoms with van der Waals surface area (Å²) in [5.41, 5.74) is 0. The van der Waals surface area contributed by atoms with E-state index in [4.69, 9.17) is 14.2 Å². The van der Waals surface area contributed by atoms with Crippen molar-refractivity contribution in [3.8, 4) is 0 Å². The average molecular weight is 1030 g/mol. The Balaban J connectivity index is 4.46. The molecule has 1 unspecified atom stereocenters. The summed E-state index contributed by atoms with van der Waals surface area (Å²) in [5, 5.41) is 0. The first-order valence-corrected chi connectivity index (χ1v) is 30.5. The summed E-state index contributed by atoms with van der Waals surface area (Å²) in [5.74, 6) is -1.04. The maximum Gasteiger partial charge on any atom is 0.306 e. The van der Waals surface area contributed by atoms with Crippen molar-refractivity contribution in [1.82, 2.24) is 0 Å². The molecule has 0 aromatic carbocycles. The topological polar surface area (TPSA) is 78.9 Å². The largest absolute Gasteiger partial charge is 0.462 e. The smallest absolute Gasteiger partial charge is 0.306 e. The van der Waals surface area contributed by atoms with Crippen LogP contribution in [-0.4, -0.2) is 37.2 Å². The molecule has 0 saturated carbocycles. The highest BCUT2D eigenvalue weighted by Crippen LogP contribution is 2.16. The zero-order valence-corrected chi connectivity index (χ0v) is 48.1. The molecule has 0 aliphatic rings. The molecule has 0 aliphatic carbocycles. The molecule has 6 nitrogen and oxygen atoms in total. The Morgan fingerprint density at radius 1 is 0.284 bits per heavy atom. The Morgan fingerprint density at radius 3 is 0.905 bits per heavy atom. The summed E-state index contributed by atoms with van der Waals surface area (Å²) >= 11 is 0. The Hall–Kier alpha value is -4.19. The second-order valence-electron chi connectivity index (χ2n) is 19.9. The van der Waals surface area contributed by atoms with E-state index >= 15 is 0 Å². The minimum Gasteiger partial charge on any atom is -0.462 e. The zero-order valence-electron chi connectivity index (χ0n) is 48.1. The van der Waals surface area contributed by atoms with Crippen LogP contribution in [0.1, 0.15) is 271 Å². The van der Waals surface area contributed by atoms with Crippen LogP contribution in [0.5, 0.6) is 0 Å². The lowest BCUT2D eigenvalue weighted by molar-refractivity contribution is -0.166. The van der Waals surface area contributed by atoms with E-state index in [0.29, 0.717) is 19.3 Å². The molecule has 6 heteroatoms. The number of ether oxygens (including phenoxy) is 3. The van der Waals surface area contributed by atoms with Crippen LogP contribution in [-0.2, 0) is 28.6 Å². The van der Waals surface area contributed by atoms with Gasteiger partial charge in [0, 0.05) is 19.3 Å². The van der Waals surface area contributed by atoms with Crippen LogP contribution in [0.4, 0.5) is 0 Å². The minimum atomic E-state index is -0.833. The number of rotatable bonds is 54. The Labute approximate surface area is 456 Å². The van der Waals surface area contributed by atoms with Gasteiger partial charge >= 0.3 is 17.9 Å². The van der Waals surface area contributed by atoms with Crippen LogP contribution in [0, 0.1) is 0 Å². The summed E-state index contributed by atoms with van der Waals surface area (Å²) in [6.45, 7) is 6.33. The minimum absolute atomic E-state index is 0.118. The van der Waals surface area contributed by atoms with E-state index in [2.05, 4.69) is 130 Å². The van der Waals surface area contributed by atoms with Gasteiger partial charge in [-0.25, -0.2) is 0 Å². The number of esters is 3. The molecule has 1 atom stereocenters. The van der Waals surface area contributed by atoms with Crippen LogP contribution in [0.2, 0.25) is 0 Å². The molecule has 420 valence electrons. The van der Waals surface area contributed by atoms with Crippen LogP contribution >= 0.6 is 0 Å². The fourth-order valence-electron chi connectivity index (χ4n) is 8.23. The number of unbranched alkanes of at least 4 members (excludes halogenated alkanes) is 23. The third-order valence-electron chi connectivity index (χ3n) is 12.7. The highest BCUT2D eigenvalue weighted by molar-refractivity contribution is 5.71. The fraction of sp³-hybridized carbons (Fsp3) is 0.662. The first-order valence-electron chi connectivity index (χ1n) is 30.5. The van der Waals surface area contributed by atoms with Gasteiger partial charge in [0.05, 0.1) is 0 Å². The average Bonchev–Trinajstić information content (AvgIpc) is 3.40. The standard InChI is InChI=1S/C68H112O6/c1-4-7-10-13-16-19-22-25-27-29-31-33-35-36-38-40-43-46-49-52-55-58-61-67(70)73-64-65(63-72-66(69)60-57-54-51-48-45-42-24-21-18-15-12-9-6-3)74-68(71)62-59-56-53-50-47-44-41-39-37-34-32-30-28-26-23-20-17-14-11-8-5-2/h8-9,11-12,17-18,20-21,26,28,32,34,39,41-42,45,47,50-51,54,65H,4-7,10,13-16,19,22-25,27,29-31,33,35-38,40,43-44,46,48-49,52-53,55-64H2,1-3H3/b11-8-,12-9-,20-17-,21-18-,28-26-,34-32-,41-39-,45-42-,50-47-,54-51-. The molecule has 0 aromatic rings. The van der Waals surface area contributed by atoms with Crippen molar-refractivity contribution in [3.05, 3.63) is 122 Å². The second-order valence-corrected chi connectivity index (χ2v) is 19.9. The summed E-state index contributed by atoms with van der Waals surface area (Å²) in [6, 6.07) is 0. The van der Waals surface area contributed by atoms with Gasteiger partial charge in [0.25, 0.3) is 0 Å². The van der Waals surface area contributed by atoms with Gasteiger partial charge in [0.15, 0.2) is 6.10 Å². The molecule has 0 spiro atoms. The predicted octanol–water partition coefficient (Wildman–Crippen LogP) is 20.8. The van der Waals surface area contributed by atoms with Gasteiger partial charge < -0.3 is 14.2 Å². The molecule has 0 fully saturated rings. The lowest BCUT2D eigenvalue weighted by Crippen LogP contribution is -2.30. The normalized spacial score (nSPS) is 13.0. The molecule has 74 heavy (non-hydrogen) atoms. The van der Waals surface area contributed by atoms with Crippen molar-refractivity contribution in [1.29, 1.82) is 0 Å². The van der Waals surface area contributed by atoms with Gasteiger partial charge in [-0.2, -0.15) is 0 Å². The highest BCUT2D eigenvalue weighted by Gasteiger charge is 2.19. The molecule has 0 radical (unpaired) electrons. The van der Waals surface area contributed by atoms with Crippen molar-refractivity contribution < 1.29 is 28.6 Å². The molecular weight excluding hydrogens is 913 g/mol. The molecule has 0 saturated heterocycles. The number of carbonyl (C=O) groups is 3. The van der Waals surface area contributed by atoms with Crippen LogP contribution in [0.15, 0.2) is 122 Å². The van der Waals surface area contributed by atoms with Crippen LogP contribution < -0.4 is 0 Å². The predicted molar refractivity (Wildman–Crippen MR) is 320 cm³/mol. The molecule has 0 bridgehead atoms. The maximum atomic E-state index is 12.9. The summed E-state index contributed by atoms with van der Waals surface area (Å²) in [6.07, 6.45) is 85.1. The van der Waals surface area contributed by atoms with E-state index in [-0.39, 0.29) is 44.0 Å². The SMILES string of the molecule is CC/C=C\C/C=C\C/C=C\C/C=C\C/C=C\C/C=C\CCCCC(=O)OC(COC(=O)CC/C=C\C/C=C\C/C=C\C/C=C\CC)COC(=O)CCCCCCCCCCCCCCCCCCCCCCCC. The zero-order chi connectivity index (χ0) is 53.6. The Kier molecular flexibility index (Phi) is 57.9. The molecule has 0 rings (SSSR count). The summed E-state index contributed by atoms with van der Waals surface area (Å²) in [7, 11) is 0. The van der Waals surface area contributed by atoms with E-state index in [0.717, 1.165) is 96.3 Å². The fourth-order valence-corrected chi connectivity index (χ4v) is 8.23. The quantitative estimate of drug-likeness (QED) is 0.0261. The van der Waals surface area contributed by atoms with E-state index in [9.17, 15) is 14.4 Å². The van der Waals surface area contributed by atoms with Gasteiger partial charge in [-0.15, -0.1) is 0 Å². The van der Waals surface area contributed by atoms with Crippen molar-refractivity contribution in [2.45, 2.75) is 277 Å². The molecular formula is C68H112O6. The van der Waals surface area contributed by atoms with Gasteiger partial charge in [0.1, 0.15) is 13.2 Å². The molecule has 0 aliphatic heterocycles. The van der Waals surface area contributed by atoms with Gasteiger partial charge in [-0.3, -0.25) is 14.4 Å². The Morgan fingerprint density at radius 2 is 0.554 bits per heavy atom. The van der Waals surface area contributed by atoms with Gasteiger partial charge in [0.2, 0.25) is 0 Å². The van der Waals surface area contributed by atoms with Gasteiger partial charge in [-0.05, 0) is 96.3 Å². The maximum absolute atomic E-state index is 12.9. The Bertz CT molecular complexity index is 1550. The number of carbonyl (C=O) groups excluding carboxylic acids is 3. The highest BCUT2D eigenvalue weighted by atomic mass is 16.6. The molecule has 0 amide bonds. The van der Waals surface area contributed by atoms with Crippen molar-refractivity contribution >= 4 is 17.9 Å². The first-order chi connectivity index (χ1) is 36.5. The van der Waals surface area contributed by atoms with Gasteiger partial charge in [-0.1, -0.05) is 277 Å². The van der Waals surface area contributed by atoms with Crippen molar-refractivity contribution in [2.24, 2.45) is 0 Å². The molecule has 0 heterocycles. The molecule has 0 N–H and O–H groups in total. The monoisotopic (exact) mass is 1020 g/mol.